The van der Waals surface area contributed by atoms with Crippen molar-refractivity contribution in [1.82, 2.24) is 0 Å². The van der Waals surface area contributed by atoms with E-state index >= 15 is 0 Å². The number of benzene rings is 2. The van der Waals surface area contributed by atoms with Crippen molar-refractivity contribution in [2.75, 3.05) is 0 Å². The Labute approximate surface area is 737 Å². The van der Waals surface area contributed by atoms with Gasteiger partial charge in [-0.1, -0.05) is 603 Å². The molecule has 0 saturated heterocycles. The fourth-order valence-corrected chi connectivity index (χ4v) is 18.8. The van der Waals surface area contributed by atoms with Crippen molar-refractivity contribution in [1.29, 1.82) is 0 Å². The molecule has 0 amide bonds. The predicted molar refractivity (Wildman–Crippen MR) is 509 cm³/mol. The van der Waals surface area contributed by atoms with Crippen molar-refractivity contribution in [2.45, 2.75) is 614 Å². The van der Waals surface area contributed by atoms with Gasteiger partial charge in [-0.15, -0.1) is 0 Å². The molecule has 2 rings (SSSR count). The minimum atomic E-state index is -4.35. The Hall–Kier alpha value is -0.974. The number of hydrogen-bond acceptors (Lipinski definition) is 6. The molecule has 0 heterocycles. The van der Waals surface area contributed by atoms with E-state index in [9.17, 15) is 25.9 Å². The summed E-state index contributed by atoms with van der Waals surface area (Å²) in [6.45, 7) is 4.61. The Morgan fingerprint density at radius 2 is 0.278 bits per heavy atom. The van der Waals surface area contributed by atoms with Crippen molar-refractivity contribution >= 4 is 43.3 Å². The fraction of sp³-hybridized carbons (Fsp3) is 0.887. The Kier molecular flexibility index (Phi) is 92.9. The van der Waals surface area contributed by atoms with E-state index in [1.807, 2.05) is 12.1 Å². The first-order valence-corrected chi connectivity index (χ1v) is 55.0. The number of hydrogen-bond donors (Lipinski definition) is 0. The topological polar surface area (TPSA) is 114 Å². The van der Waals surface area contributed by atoms with Crippen molar-refractivity contribution in [3.63, 3.8) is 0 Å². The first-order chi connectivity index (χ1) is 56.1. The van der Waals surface area contributed by atoms with Gasteiger partial charge < -0.3 is 9.11 Å². The molecule has 9 heteroatoms. The zero-order valence-corrected chi connectivity index (χ0v) is 80.7. The molecule has 0 fully saturated rings. The van der Waals surface area contributed by atoms with Crippen molar-refractivity contribution in [3.8, 4) is 0 Å². The molecular weight excluding hydrogens is 1460 g/mol. The van der Waals surface area contributed by atoms with Gasteiger partial charge in [0.2, 0.25) is 0 Å². The summed E-state index contributed by atoms with van der Waals surface area (Å²) in [6, 6.07) is 13.0. The largest absolute Gasteiger partial charge is 2.00 e. The van der Waals surface area contributed by atoms with E-state index < -0.39 is 20.2 Å². The van der Waals surface area contributed by atoms with E-state index in [4.69, 9.17) is 0 Å². The minimum Gasteiger partial charge on any atom is -0.744 e. The summed E-state index contributed by atoms with van der Waals surface area (Å²) >= 11 is 0. The molecule has 2 aromatic rings. The van der Waals surface area contributed by atoms with Crippen molar-refractivity contribution in [3.05, 3.63) is 59.7 Å². The second-order valence-corrected chi connectivity index (χ2v) is 39.6. The first-order valence-electron chi connectivity index (χ1n) is 52.2. The molecule has 0 aliphatic carbocycles. The van der Waals surface area contributed by atoms with E-state index in [0.717, 1.165) is 36.8 Å². The van der Waals surface area contributed by atoms with Crippen LogP contribution in [0.4, 0.5) is 0 Å². The van der Waals surface area contributed by atoms with Crippen LogP contribution in [0.1, 0.15) is 603 Å². The molecule has 2 aromatic carbocycles. The van der Waals surface area contributed by atoms with E-state index in [0.29, 0.717) is 0 Å². The van der Waals surface area contributed by atoms with Crippen LogP contribution in [0.15, 0.2) is 58.3 Å². The molecule has 0 spiro atoms. The summed E-state index contributed by atoms with van der Waals surface area (Å²) in [6.07, 6.45) is 131. The van der Waals surface area contributed by atoms with E-state index in [1.165, 1.54) is 589 Å². The van der Waals surface area contributed by atoms with Gasteiger partial charge in [0.15, 0.2) is 0 Å². The third kappa shape index (κ3) is 89.1. The number of aryl methyl sites for hydroxylation is 2. The molecule has 0 aromatic heterocycles. The van der Waals surface area contributed by atoms with E-state index in [2.05, 4.69) is 13.8 Å². The molecule has 0 atom stereocenters. The molecule has 0 aliphatic heterocycles. The zero-order chi connectivity index (χ0) is 82.0. The molecule has 672 valence electrons. The summed E-state index contributed by atoms with van der Waals surface area (Å²) in [5.41, 5.74) is 1.91. The second-order valence-electron chi connectivity index (χ2n) is 36.8. The standard InChI is InChI=1S/2C53H100O3S.Mg/c2*1-2-3-4-5-6-7-8-9-10-11-12-13-14-15-16-17-18-19-20-21-22-23-24-25-26-27-28-29-30-31-32-33-34-35-36-37-38-39-40-41-42-43-44-45-46-48-52-49-47-50-53(51-52)57(54,55)56;/h2*47,49-51H,2-46,48H2,1H3,(H,54,55,56);/q;;+2/p-2. The maximum Gasteiger partial charge on any atom is 2.00 e. The van der Waals surface area contributed by atoms with Crippen LogP contribution in [0.25, 0.3) is 0 Å². The van der Waals surface area contributed by atoms with E-state index in [1.54, 1.807) is 12.1 Å². The van der Waals surface area contributed by atoms with Crippen LogP contribution in [0, 0.1) is 0 Å². The summed E-state index contributed by atoms with van der Waals surface area (Å²) in [5.74, 6) is 0. The van der Waals surface area contributed by atoms with Crippen molar-refractivity contribution < 1.29 is 25.9 Å². The molecule has 0 unspecified atom stereocenters. The van der Waals surface area contributed by atoms with Gasteiger partial charge in [-0.3, -0.25) is 0 Å². The average Bonchev–Trinajstić information content (AvgIpc) is 0.863. The SMILES string of the molecule is CCCCCCCCCCCCCCCCCCCCCCCCCCCCCCCCCCCCCCCCCCCCCCCc1cccc(S(=O)(=O)[O-])c1.CCCCCCCCCCCCCCCCCCCCCCCCCCCCCCCCCCCCCCCCCCCCCCCc1cccc(S(=O)(=O)[O-])c1.[Mg+2]. The Morgan fingerprint density at radius 3 is 0.383 bits per heavy atom. The van der Waals surface area contributed by atoms with E-state index in [-0.39, 0.29) is 32.8 Å². The maximum atomic E-state index is 11.2. The molecule has 0 aliphatic rings. The molecule has 115 heavy (non-hydrogen) atoms. The summed E-state index contributed by atoms with van der Waals surface area (Å²) in [5, 5.41) is 0. The quantitative estimate of drug-likeness (QED) is 0.0370. The van der Waals surface area contributed by atoms with Gasteiger partial charge in [-0.05, 0) is 61.1 Å². The third-order valence-electron chi connectivity index (χ3n) is 25.5. The smallest absolute Gasteiger partial charge is 0.744 e. The van der Waals surface area contributed by atoms with Gasteiger partial charge in [0.1, 0.15) is 20.2 Å². The van der Waals surface area contributed by atoms with Gasteiger partial charge in [-0.2, -0.15) is 0 Å². The van der Waals surface area contributed by atoms with Crippen LogP contribution in [0.2, 0.25) is 0 Å². The molecular formula is C106H198MgO6S2. The van der Waals surface area contributed by atoms with Crippen LogP contribution in [-0.2, 0) is 33.1 Å². The van der Waals surface area contributed by atoms with Crippen LogP contribution in [0.3, 0.4) is 0 Å². The maximum absolute atomic E-state index is 11.2. The van der Waals surface area contributed by atoms with Gasteiger partial charge in [0.25, 0.3) is 0 Å². The monoisotopic (exact) mass is 1660 g/mol. The fourth-order valence-electron chi connectivity index (χ4n) is 17.7. The predicted octanol–water partition coefficient (Wildman–Crippen LogP) is 37.0. The normalized spacial score (nSPS) is 11.8. The zero-order valence-electron chi connectivity index (χ0n) is 77.6. The van der Waals surface area contributed by atoms with Crippen molar-refractivity contribution in [2.24, 2.45) is 0 Å². The Balaban J connectivity index is 0.00000224. The minimum absolute atomic E-state index is 0. The summed E-state index contributed by atoms with van der Waals surface area (Å²) < 4.78 is 67.1. The Morgan fingerprint density at radius 1 is 0.174 bits per heavy atom. The third-order valence-corrected chi connectivity index (χ3v) is 27.2. The molecule has 0 N–H and O–H groups in total. The van der Waals surface area contributed by atoms with Gasteiger partial charge in [0.05, 0.1) is 9.79 Å². The van der Waals surface area contributed by atoms with Crippen LogP contribution < -0.4 is 0 Å². The average molecular weight is 1660 g/mol. The van der Waals surface area contributed by atoms with Crippen LogP contribution in [-0.4, -0.2) is 49.0 Å². The second kappa shape index (κ2) is 93.7. The first kappa shape index (κ1) is 114. The summed E-state index contributed by atoms with van der Waals surface area (Å²) in [7, 11) is -8.70. The summed E-state index contributed by atoms with van der Waals surface area (Å²) in [4.78, 5) is -0.209. The number of rotatable bonds is 94. The Bertz CT molecular complexity index is 2250. The molecule has 6 nitrogen and oxygen atoms in total. The van der Waals surface area contributed by atoms with Gasteiger partial charge in [-0.25, -0.2) is 16.8 Å². The molecule has 0 bridgehead atoms. The number of unbranched alkanes of at least 4 members (excludes halogenated alkanes) is 88. The van der Waals surface area contributed by atoms with Gasteiger partial charge >= 0.3 is 23.1 Å². The molecule has 0 saturated carbocycles. The molecule has 0 radical (unpaired) electrons. The van der Waals surface area contributed by atoms with Gasteiger partial charge in [0, 0.05) is 0 Å². The van der Waals surface area contributed by atoms with Crippen LogP contribution >= 0.6 is 0 Å². The van der Waals surface area contributed by atoms with Crippen LogP contribution in [0.5, 0.6) is 0 Å².